The zero-order chi connectivity index (χ0) is 20.4. The fraction of sp³-hybridized carbons (Fsp3) is 0.263. The molecule has 1 aliphatic rings. The number of amides is 1. The van der Waals surface area contributed by atoms with Crippen LogP contribution >= 0.6 is 0 Å². The van der Waals surface area contributed by atoms with Crippen molar-refractivity contribution in [2.24, 2.45) is 0 Å². The van der Waals surface area contributed by atoms with Crippen LogP contribution in [0, 0.1) is 11.3 Å². The number of carboxylic acid groups (broad SMARTS) is 1. The highest BCUT2D eigenvalue weighted by molar-refractivity contribution is 5.66. The zero-order valence-corrected chi connectivity index (χ0v) is 15.1. The summed E-state index contributed by atoms with van der Waals surface area (Å²) in [4.78, 5) is 20.4. The number of nitriles is 1. The number of carbonyl (C=O) groups is 1. The van der Waals surface area contributed by atoms with E-state index in [1.165, 1.54) is 6.20 Å². The van der Waals surface area contributed by atoms with Gasteiger partial charge in [-0.3, -0.25) is 4.98 Å². The molecule has 1 amide bonds. The average Bonchev–Trinajstić information content (AvgIpc) is 3.25. The molecule has 0 radical (unpaired) electrons. The quantitative estimate of drug-likeness (QED) is 0.718. The fourth-order valence-corrected chi connectivity index (χ4v) is 3.24. The third kappa shape index (κ3) is 3.62. The van der Waals surface area contributed by atoms with Gasteiger partial charge in [0.2, 0.25) is 11.6 Å². The lowest BCUT2D eigenvalue weighted by molar-refractivity contribution is 0.0239. The van der Waals surface area contributed by atoms with E-state index in [0.29, 0.717) is 23.2 Å². The average molecular weight is 394 g/mol. The minimum absolute atomic E-state index is 0.0997. The Kier molecular flexibility index (Phi) is 4.64. The van der Waals surface area contributed by atoms with Crippen LogP contribution in [0.15, 0.2) is 41.1 Å². The number of halogens is 1. The summed E-state index contributed by atoms with van der Waals surface area (Å²) in [5.74, 6) is -0.143. The SMILES string of the molecule is N#Cc1cc(-c2cc(-c3nnc([C@@]4(F)CCCN(C(=O)O)C4)o3)ccn2)ccn1. The van der Waals surface area contributed by atoms with Gasteiger partial charge in [-0.2, -0.15) is 5.26 Å². The fourth-order valence-electron chi connectivity index (χ4n) is 3.24. The Morgan fingerprint density at radius 3 is 2.83 bits per heavy atom. The maximum atomic E-state index is 15.3. The summed E-state index contributed by atoms with van der Waals surface area (Å²) < 4.78 is 20.9. The second-order valence-electron chi connectivity index (χ2n) is 6.66. The molecule has 1 N–H and O–H groups in total. The Hall–Kier alpha value is -3.87. The summed E-state index contributed by atoms with van der Waals surface area (Å²) in [6, 6.07) is 8.61. The van der Waals surface area contributed by atoms with Crippen molar-refractivity contribution in [1.29, 1.82) is 5.26 Å². The zero-order valence-electron chi connectivity index (χ0n) is 15.1. The normalized spacial score (nSPS) is 19.0. The van der Waals surface area contributed by atoms with Gasteiger partial charge in [0.05, 0.1) is 12.2 Å². The highest BCUT2D eigenvalue weighted by Gasteiger charge is 2.43. The van der Waals surface area contributed by atoms with Crippen LogP contribution in [0.25, 0.3) is 22.7 Å². The van der Waals surface area contributed by atoms with E-state index in [1.54, 1.807) is 30.5 Å². The molecule has 0 aromatic carbocycles. The predicted octanol–water partition coefficient (Wildman–Crippen LogP) is 3.00. The summed E-state index contributed by atoms with van der Waals surface area (Å²) in [6.07, 6.45) is 2.34. The van der Waals surface area contributed by atoms with E-state index >= 15 is 4.39 Å². The standard InChI is InChI=1S/C19H15FN6O3/c20-19(4-1-7-26(11-19)18(27)28)17-25-24-16(29-17)13-3-6-23-15(9-13)12-2-5-22-14(8-12)10-21/h2-3,5-6,8-9H,1,4,7,11H2,(H,27,28)/t19-/m1/s1. The Morgan fingerprint density at radius 1 is 1.24 bits per heavy atom. The van der Waals surface area contributed by atoms with E-state index in [9.17, 15) is 4.79 Å². The van der Waals surface area contributed by atoms with Crippen molar-refractivity contribution in [3.8, 4) is 28.8 Å². The Bertz CT molecular complexity index is 1110. The number of hydrogen-bond acceptors (Lipinski definition) is 7. The van der Waals surface area contributed by atoms with Gasteiger partial charge in [0.15, 0.2) is 0 Å². The summed E-state index contributed by atoms with van der Waals surface area (Å²) in [5, 5.41) is 25.9. The van der Waals surface area contributed by atoms with E-state index < -0.39 is 11.8 Å². The van der Waals surface area contributed by atoms with Crippen molar-refractivity contribution >= 4 is 6.09 Å². The van der Waals surface area contributed by atoms with E-state index in [2.05, 4.69) is 20.2 Å². The molecular formula is C19H15FN6O3. The van der Waals surface area contributed by atoms with Gasteiger partial charge in [-0.1, -0.05) is 0 Å². The summed E-state index contributed by atoms with van der Waals surface area (Å²) in [6.45, 7) is -0.0775. The number of likely N-dealkylation sites (tertiary alicyclic amines) is 1. The third-order valence-electron chi connectivity index (χ3n) is 4.70. The number of aromatic nitrogens is 4. The Morgan fingerprint density at radius 2 is 2.03 bits per heavy atom. The van der Waals surface area contributed by atoms with Crippen molar-refractivity contribution < 1.29 is 18.7 Å². The van der Waals surface area contributed by atoms with Crippen molar-refractivity contribution in [2.45, 2.75) is 18.5 Å². The smallest absolute Gasteiger partial charge is 0.407 e. The summed E-state index contributed by atoms with van der Waals surface area (Å²) in [7, 11) is 0. The highest BCUT2D eigenvalue weighted by atomic mass is 19.1. The molecule has 1 aliphatic heterocycles. The minimum Gasteiger partial charge on any atom is -0.465 e. The number of rotatable bonds is 3. The predicted molar refractivity (Wildman–Crippen MR) is 97.1 cm³/mol. The number of hydrogen-bond donors (Lipinski definition) is 1. The number of piperidine rings is 1. The molecule has 0 spiro atoms. The van der Waals surface area contributed by atoms with Crippen molar-refractivity contribution in [2.75, 3.05) is 13.1 Å². The van der Waals surface area contributed by atoms with E-state index in [1.807, 2.05) is 6.07 Å². The molecule has 3 aromatic heterocycles. The van der Waals surface area contributed by atoms with Crippen LogP contribution in [-0.4, -0.2) is 49.4 Å². The molecule has 4 rings (SSSR count). The first-order valence-electron chi connectivity index (χ1n) is 8.82. The molecule has 146 valence electrons. The van der Waals surface area contributed by atoms with Crippen molar-refractivity contribution in [1.82, 2.24) is 25.1 Å². The van der Waals surface area contributed by atoms with Crippen LogP contribution in [0.1, 0.15) is 24.4 Å². The van der Waals surface area contributed by atoms with Crippen LogP contribution in [0.3, 0.4) is 0 Å². The molecule has 0 aliphatic carbocycles. The molecular weight excluding hydrogens is 379 g/mol. The van der Waals surface area contributed by atoms with E-state index in [-0.39, 0.29) is 37.0 Å². The van der Waals surface area contributed by atoms with Crippen molar-refractivity contribution in [3.05, 3.63) is 48.2 Å². The highest BCUT2D eigenvalue weighted by Crippen LogP contribution is 2.36. The van der Waals surface area contributed by atoms with E-state index in [0.717, 1.165) is 4.90 Å². The summed E-state index contributed by atoms with van der Waals surface area (Å²) in [5.41, 5.74) is 0.00758. The molecule has 3 aromatic rings. The van der Waals surface area contributed by atoms with Gasteiger partial charge in [-0.05, 0) is 37.1 Å². The van der Waals surface area contributed by atoms with Crippen LogP contribution in [0.4, 0.5) is 9.18 Å². The molecule has 1 fully saturated rings. The molecule has 0 saturated carbocycles. The molecule has 4 heterocycles. The lowest BCUT2D eigenvalue weighted by atomic mass is 9.95. The largest absolute Gasteiger partial charge is 0.465 e. The van der Waals surface area contributed by atoms with Gasteiger partial charge in [0.25, 0.3) is 5.89 Å². The van der Waals surface area contributed by atoms with Gasteiger partial charge in [0, 0.05) is 30.1 Å². The van der Waals surface area contributed by atoms with Crippen LogP contribution in [-0.2, 0) is 5.67 Å². The Balaban J connectivity index is 1.63. The first-order chi connectivity index (χ1) is 14.0. The molecule has 29 heavy (non-hydrogen) atoms. The monoisotopic (exact) mass is 394 g/mol. The second kappa shape index (κ2) is 7.27. The van der Waals surface area contributed by atoms with Crippen molar-refractivity contribution in [3.63, 3.8) is 0 Å². The number of nitrogens with zero attached hydrogens (tertiary/aromatic N) is 6. The molecule has 10 heteroatoms. The molecule has 0 bridgehead atoms. The van der Waals surface area contributed by atoms with Crippen LogP contribution in [0.5, 0.6) is 0 Å². The van der Waals surface area contributed by atoms with Crippen LogP contribution < -0.4 is 0 Å². The van der Waals surface area contributed by atoms with Crippen LogP contribution in [0.2, 0.25) is 0 Å². The lowest BCUT2D eigenvalue weighted by Crippen LogP contribution is -2.46. The molecule has 1 atom stereocenters. The topological polar surface area (TPSA) is 129 Å². The second-order valence-corrected chi connectivity index (χ2v) is 6.66. The van der Waals surface area contributed by atoms with E-state index in [4.69, 9.17) is 14.8 Å². The summed E-state index contributed by atoms with van der Waals surface area (Å²) >= 11 is 0. The van der Waals surface area contributed by atoms with Gasteiger partial charge >= 0.3 is 6.09 Å². The molecule has 1 saturated heterocycles. The first kappa shape index (κ1) is 18.5. The Labute approximate surface area is 164 Å². The first-order valence-corrected chi connectivity index (χ1v) is 8.82. The lowest BCUT2D eigenvalue weighted by Gasteiger charge is -2.33. The molecule has 0 unspecified atom stereocenters. The van der Waals surface area contributed by atoms with Gasteiger partial charge < -0.3 is 14.4 Å². The molecule has 9 nitrogen and oxygen atoms in total. The third-order valence-corrected chi connectivity index (χ3v) is 4.70. The van der Waals surface area contributed by atoms with Gasteiger partial charge in [-0.15, -0.1) is 10.2 Å². The maximum Gasteiger partial charge on any atom is 0.407 e. The number of pyridine rings is 2. The number of alkyl halides is 1. The maximum absolute atomic E-state index is 15.3. The van der Waals surface area contributed by atoms with Gasteiger partial charge in [-0.25, -0.2) is 14.2 Å². The van der Waals surface area contributed by atoms with Gasteiger partial charge in [0.1, 0.15) is 11.8 Å². The minimum atomic E-state index is -2.02.